The van der Waals surface area contributed by atoms with E-state index in [4.69, 9.17) is 0 Å². The Morgan fingerprint density at radius 1 is 1.37 bits per heavy atom. The second-order valence-electron chi connectivity index (χ2n) is 3.98. The number of carbonyl (C=O) groups is 1. The van der Waals surface area contributed by atoms with Crippen LogP contribution < -0.4 is 4.72 Å². The Morgan fingerprint density at radius 3 is 2.63 bits per heavy atom. The molecule has 0 aliphatic rings. The monoisotopic (exact) mass is 303 g/mol. The minimum atomic E-state index is -3.66. The molecule has 0 aliphatic carbocycles. The lowest BCUT2D eigenvalue weighted by atomic mass is 10.1. The summed E-state index contributed by atoms with van der Waals surface area (Å²) in [7, 11) is -4.71. The van der Waals surface area contributed by atoms with Gasteiger partial charge in [-0.2, -0.15) is 0 Å². The molecule has 19 heavy (non-hydrogen) atoms. The average molecular weight is 303 g/mol. The molecule has 0 saturated heterocycles. The number of rotatable bonds is 7. The van der Waals surface area contributed by atoms with Crippen molar-refractivity contribution < 1.29 is 17.4 Å². The first-order valence-corrected chi connectivity index (χ1v) is 9.01. The highest BCUT2D eigenvalue weighted by atomic mass is 32.2. The zero-order valence-corrected chi connectivity index (χ0v) is 12.5. The van der Waals surface area contributed by atoms with Crippen LogP contribution >= 0.6 is 0 Å². The Kier molecular flexibility index (Phi) is 5.84. The SMILES string of the molecule is CCC(=O)c1cccc(S(=O)(=O)NCCS(C)=O)c1. The van der Waals surface area contributed by atoms with Crippen molar-refractivity contribution in [2.45, 2.75) is 18.2 Å². The largest absolute Gasteiger partial charge is 0.294 e. The summed E-state index contributed by atoms with van der Waals surface area (Å²) in [6.45, 7) is 1.83. The van der Waals surface area contributed by atoms with Gasteiger partial charge in [-0.05, 0) is 12.1 Å². The van der Waals surface area contributed by atoms with Crippen LogP contribution in [-0.4, -0.2) is 37.0 Å². The normalized spacial score (nSPS) is 13.2. The molecule has 0 aromatic heterocycles. The average Bonchev–Trinajstić information content (AvgIpc) is 2.37. The van der Waals surface area contributed by atoms with Crippen LogP contribution in [-0.2, 0) is 20.8 Å². The van der Waals surface area contributed by atoms with E-state index < -0.39 is 20.8 Å². The van der Waals surface area contributed by atoms with Crippen LogP contribution in [0, 0.1) is 0 Å². The van der Waals surface area contributed by atoms with Gasteiger partial charge in [-0.25, -0.2) is 13.1 Å². The van der Waals surface area contributed by atoms with Crippen molar-refractivity contribution in [3.8, 4) is 0 Å². The summed E-state index contributed by atoms with van der Waals surface area (Å²) in [5.74, 6) is 0.152. The summed E-state index contributed by atoms with van der Waals surface area (Å²) < 4.78 is 37.1. The van der Waals surface area contributed by atoms with E-state index in [1.54, 1.807) is 13.0 Å². The highest BCUT2D eigenvalue weighted by molar-refractivity contribution is 7.89. The number of Topliss-reactive ketones (excluding diaryl/α,β-unsaturated/α-hetero) is 1. The lowest BCUT2D eigenvalue weighted by molar-refractivity contribution is 0.0988. The third-order valence-corrected chi connectivity index (χ3v) is 4.71. The van der Waals surface area contributed by atoms with Gasteiger partial charge >= 0.3 is 0 Å². The maximum atomic E-state index is 12.0. The Labute approximate surface area is 115 Å². The van der Waals surface area contributed by atoms with E-state index in [1.807, 2.05) is 0 Å². The number of sulfonamides is 1. The maximum absolute atomic E-state index is 12.0. The Balaban J connectivity index is 2.89. The first-order valence-electron chi connectivity index (χ1n) is 5.79. The van der Waals surface area contributed by atoms with E-state index in [0.29, 0.717) is 12.0 Å². The molecule has 7 heteroatoms. The molecule has 1 N–H and O–H groups in total. The predicted molar refractivity (Wildman–Crippen MR) is 75.2 cm³/mol. The number of hydrogen-bond donors (Lipinski definition) is 1. The van der Waals surface area contributed by atoms with Crippen LogP contribution in [0.3, 0.4) is 0 Å². The van der Waals surface area contributed by atoms with Gasteiger partial charge in [-0.3, -0.25) is 9.00 Å². The minimum absolute atomic E-state index is 0.0497. The molecule has 0 amide bonds. The molecule has 0 saturated carbocycles. The quantitative estimate of drug-likeness (QED) is 0.760. The van der Waals surface area contributed by atoms with E-state index in [2.05, 4.69) is 4.72 Å². The van der Waals surface area contributed by atoms with E-state index in [9.17, 15) is 17.4 Å². The standard InChI is InChI=1S/C12H17NO4S2/c1-3-12(14)10-5-4-6-11(9-10)19(16,17)13-7-8-18(2)15/h4-6,9,13H,3,7-8H2,1-2H3. The number of ketones is 1. The van der Waals surface area contributed by atoms with Gasteiger partial charge in [0.25, 0.3) is 0 Å². The number of benzene rings is 1. The van der Waals surface area contributed by atoms with Gasteiger partial charge in [0, 0.05) is 41.3 Å². The Bertz CT molecular complexity index is 581. The predicted octanol–water partition coefficient (Wildman–Crippen LogP) is 0.936. The van der Waals surface area contributed by atoms with E-state index in [0.717, 1.165) is 0 Å². The van der Waals surface area contributed by atoms with Gasteiger partial charge in [0.2, 0.25) is 10.0 Å². The van der Waals surface area contributed by atoms with Gasteiger partial charge in [0.05, 0.1) is 4.90 Å². The lowest BCUT2D eigenvalue weighted by Crippen LogP contribution is -2.27. The van der Waals surface area contributed by atoms with Crippen LogP contribution in [0.5, 0.6) is 0 Å². The van der Waals surface area contributed by atoms with Crippen LogP contribution in [0.25, 0.3) is 0 Å². The summed E-state index contributed by atoms with van der Waals surface area (Å²) in [6, 6.07) is 5.91. The molecule has 0 spiro atoms. The zero-order chi connectivity index (χ0) is 14.5. The Morgan fingerprint density at radius 2 is 2.05 bits per heavy atom. The molecule has 1 unspecified atom stereocenters. The van der Waals surface area contributed by atoms with Crippen molar-refractivity contribution >= 4 is 26.6 Å². The van der Waals surface area contributed by atoms with Crippen LogP contribution in [0.4, 0.5) is 0 Å². The number of nitrogens with one attached hydrogen (secondary N) is 1. The van der Waals surface area contributed by atoms with Crippen molar-refractivity contribution in [1.82, 2.24) is 4.72 Å². The van der Waals surface area contributed by atoms with Crippen molar-refractivity contribution in [1.29, 1.82) is 0 Å². The van der Waals surface area contributed by atoms with Crippen molar-refractivity contribution in [2.75, 3.05) is 18.6 Å². The van der Waals surface area contributed by atoms with Gasteiger partial charge in [-0.15, -0.1) is 0 Å². The van der Waals surface area contributed by atoms with Crippen molar-refractivity contribution in [3.05, 3.63) is 29.8 Å². The summed E-state index contributed by atoms with van der Waals surface area (Å²) in [5, 5.41) is 0. The van der Waals surface area contributed by atoms with Gasteiger partial charge < -0.3 is 0 Å². The fourth-order valence-electron chi connectivity index (χ4n) is 1.44. The molecule has 1 rings (SSSR count). The minimum Gasteiger partial charge on any atom is -0.294 e. The summed E-state index contributed by atoms with van der Waals surface area (Å²) in [4.78, 5) is 11.6. The Hall–Kier alpha value is -1.05. The van der Waals surface area contributed by atoms with Gasteiger partial charge in [0.1, 0.15) is 0 Å². The molecule has 5 nitrogen and oxygen atoms in total. The first kappa shape index (κ1) is 16.0. The van der Waals surface area contributed by atoms with E-state index in [1.165, 1.54) is 24.5 Å². The molecule has 0 radical (unpaired) electrons. The zero-order valence-electron chi connectivity index (χ0n) is 10.9. The van der Waals surface area contributed by atoms with Crippen LogP contribution in [0.15, 0.2) is 29.2 Å². The number of hydrogen-bond acceptors (Lipinski definition) is 4. The molecule has 1 atom stereocenters. The molecule has 0 fully saturated rings. The maximum Gasteiger partial charge on any atom is 0.240 e. The molecule has 0 aliphatic heterocycles. The highest BCUT2D eigenvalue weighted by Gasteiger charge is 2.15. The van der Waals surface area contributed by atoms with Crippen LogP contribution in [0.1, 0.15) is 23.7 Å². The molecule has 0 bridgehead atoms. The molecule has 106 valence electrons. The van der Waals surface area contributed by atoms with Crippen molar-refractivity contribution in [2.24, 2.45) is 0 Å². The van der Waals surface area contributed by atoms with Gasteiger partial charge in [-0.1, -0.05) is 19.1 Å². The topological polar surface area (TPSA) is 80.3 Å². The van der Waals surface area contributed by atoms with E-state index >= 15 is 0 Å². The molecular formula is C12H17NO4S2. The third kappa shape index (κ3) is 4.85. The summed E-state index contributed by atoms with van der Waals surface area (Å²) in [6.07, 6.45) is 1.83. The second kappa shape index (κ2) is 6.93. The smallest absolute Gasteiger partial charge is 0.240 e. The highest BCUT2D eigenvalue weighted by Crippen LogP contribution is 2.12. The van der Waals surface area contributed by atoms with Crippen molar-refractivity contribution in [3.63, 3.8) is 0 Å². The van der Waals surface area contributed by atoms with Gasteiger partial charge in [0.15, 0.2) is 5.78 Å². The molecule has 0 heterocycles. The van der Waals surface area contributed by atoms with E-state index in [-0.39, 0.29) is 23.0 Å². The summed E-state index contributed by atoms with van der Waals surface area (Å²) >= 11 is 0. The first-order chi connectivity index (χ1) is 8.86. The third-order valence-electron chi connectivity index (χ3n) is 2.47. The fourth-order valence-corrected chi connectivity index (χ4v) is 3.04. The fraction of sp³-hybridized carbons (Fsp3) is 0.417. The molecule has 1 aromatic rings. The second-order valence-corrected chi connectivity index (χ2v) is 7.30. The molecular weight excluding hydrogens is 286 g/mol. The lowest BCUT2D eigenvalue weighted by Gasteiger charge is -2.07. The molecule has 1 aromatic carbocycles. The summed E-state index contributed by atoms with van der Waals surface area (Å²) in [5.41, 5.74) is 0.379. The van der Waals surface area contributed by atoms with Crippen LogP contribution in [0.2, 0.25) is 0 Å². The number of carbonyl (C=O) groups excluding carboxylic acids is 1.